The van der Waals surface area contributed by atoms with Crippen LogP contribution < -0.4 is 5.32 Å². The van der Waals surface area contributed by atoms with Gasteiger partial charge in [-0.3, -0.25) is 4.90 Å². The number of nitrogens with zero attached hydrogens (tertiary/aromatic N) is 2. The van der Waals surface area contributed by atoms with Crippen LogP contribution in [0.15, 0.2) is 0 Å². The molecule has 0 amide bonds. The zero-order valence-electron chi connectivity index (χ0n) is 13.4. The second kappa shape index (κ2) is 7.05. The molecule has 3 heteroatoms. The molecular weight excluding hydrogens is 234 g/mol. The number of hydrogen-bond acceptors (Lipinski definition) is 3. The Morgan fingerprint density at radius 3 is 2.74 bits per heavy atom. The van der Waals surface area contributed by atoms with E-state index in [9.17, 15) is 0 Å². The molecule has 0 saturated carbocycles. The summed E-state index contributed by atoms with van der Waals surface area (Å²) in [6, 6.07) is 2.13. The fourth-order valence-electron chi connectivity index (χ4n) is 3.91. The third kappa shape index (κ3) is 3.71. The number of nitrogens with one attached hydrogen (secondary N) is 1. The maximum absolute atomic E-state index is 3.66. The monoisotopic (exact) mass is 267 g/mol. The summed E-state index contributed by atoms with van der Waals surface area (Å²) in [5.41, 5.74) is 0. The Morgan fingerprint density at radius 2 is 2.00 bits per heavy atom. The van der Waals surface area contributed by atoms with E-state index in [4.69, 9.17) is 0 Å². The van der Waals surface area contributed by atoms with E-state index >= 15 is 0 Å². The predicted octanol–water partition coefficient (Wildman–Crippen LogP) is 2.18. The number of rotatable bonds is 5. The van der Waals surface area contributed by atoms with Crippen molar-refractivity contribution in [2.24, 2.45) is 5.92 Å². The summed E-state index contributed by atoms with van der Waals surface area (Å²) >= 11 is 0. The maximum atomic E-state index is 3.66. The first-order valence-corrected chi connectivity index (χ1v) is 8.31. The normalized spacial score (nSPS) is 32.8. The van der Waals surface area contributed by atoms with Crippen LogP contribution in [0.3, 0.4) is 0 Å². The third-order valence-corrected chi connectivity index (χ3v) is 5.39. The number of fused-ring (bicyclic) bond motifs is 1. The highest BCUT2D eigenvalue weighted by atomic mass is 15.2. The van der Waals surface area contributed by atoms with Crippen molar-refractivity contribution in [1.29, 1.82) is 0 Å². The van der Waals surface area contributed by atoms with Crippen molar-refractivity contribution in [1.82, 2.24) is 15.1 Å². The van der Waals surface area contributed by atoms with Gasteiger partial charge in [0.25, 0.3) is 0 Å². The van der Waals surface area contributed by atoms with Gasteiger partial charge in [-0.15, -0.1) is 0 Å². The van der Waals surface area contributed by atoms with Gasteiger partial charge in [-0.05, 0) is 72.1 Å². The van der Waals surface area contributed by atoms with Crippen molar-refractivity contribution in [3.63, 3.8) is 0 Å². The van der Waals surface area contributed by atoms with Crippen molar-refractivity contribution in [3.8, 4) is 0 Å². The molecule has 3 nitrogen and oxygen atoms in total. The quantitative estimate of drug-likeness (QED) is 0.824. The lowest BCUT2D eigenvalue weighted by Crippen LogP contribution is -2.57. The molecule has 1 N–H and O–H groups in total. The molecular formula is C16H33N3. The number of hydrogen-bond donors (Lipinski definition) is 1. The summed E-state index contributed by atoms with van der Waals surface area (Å²) < 4.78 is 0. The van der Waals surface area contributed by atoms with E-state index in [1.54, 1.807) is 0 Å². The largest absolute Gasteiger partial charge is 0.313 e. The van der Waals surface area contributed by atoms with Gasteiger partial charge in [0.2, 0.25) is 0 Å². The van der Waals surface area contributed by atoms with E-state index in [1.807, 2.05) is 0 Å². The third-order valence-electron chi connectivity index (χ3n) is 5.39. The van der Waals surface area contributed by atoms with E-state index in [-0.39, 0.29) is 0 Å². The second-order valence-corrected chi connectivity index (χ2v) is 6.72. The molecule has 4 unspecified atom stereocenters. The Bertz CT molecular complexity index is 269. The lowest BCUT2D eigenvalue weighted by atomic mass is 9.83. The van der Waals surface area contributed by atoms with Crippen LogP contribution in [0.25, 0.3) is 0 Å². The van der Waals surface area contributed by atoms with Gasteiger partial charge in [0.05, 0.1) is 0 Å². The van der Waals surface area contributed by atoms with Crippen LogP contribution in [0.5, 0.6) is 0 Å². The van der Waals surface area contributed by atoms with Gasteiger partial charge in [0.15, 0.2) is 0 Å². The first kappa shape index (κ1) is 15.3. The summed E-state index contributed by atoms with van der Waals surface area (Å²) in [5.74, 6) is 0.910. The minimum atomic E-state index is 0.609. The van der Waals surface area contributed by atoms with Crippen molar-refractivity contribution >= 4 is 0 Å². The van der Waals surface area contributed by atoms with Crippen LogP contribution in [0.2, 0.25) is 0 Å². The minimum absolute atomic E-state index is 0.609. The zero-order valence-corrected chi connectivity index (χ0v) is 13.4. The van der Waals surface area contributed by atoms with Crippen LogP contribution in [-0.4, -0.2) is 61.2 Å². The molecule has 0 bridgehead atoms. The summed E-state index contributed by atoms with van der Waals surface area (Å²) in [7, 11) is 2.32. The van der Waals surface area contributed by atoms with Crippen molar-refractivity contribution in [2.75, 3.05) is 33.2 Å². The molecule has 4 atom stereocenters. The van der Waals surface area contributed by atoms with Crippen LogP contribution >= 0.6 is 0 Å². The summed E-state index contributed by atoms with van der Waals surface area (Å²) in [5, 5.41) is 3.66. The molecule has 0 aromatic rings. The van der Waals surface area contributed by atoms with E-state index in [0.29, 0.717) is 12.1 Å². The van der Waals surface area contributed by atoms with Crippen LogP contribution in [-0.2, 0) is 0 Å². The molecule has 19 heavy (non-hydrogen) atoms. The minimum Gasteiger partial charge on any atom is -0.313 e. The molecule has 112 valence electrons. The predicted molar refractivity (Wildman–Crippen MR) is 82.5 cm³/mol. The lowest BCUT2D eigenvalue weighted by molar-refractivity contribution is 0.0173. The fourth-order valence-corrected chi connectivity index (χ4v) is 3.91. The van der Waals surface area contributed by atoms with E-state index < -0.39 is 0 Å². The average molecular weight is 267 g/mol. The van der Waals surface area contributed by atoms with E-state index in [1.165, 1.54) is 45.3 Å². The molecule has 0 spiro atoms. The molecule has 2 saturated heterocycles. The Balaban J connectivity index is 1.85. The van der Waals surface area contributed by atoms with Crippen LogP contribution in [0, 0.1) is 5.92 Å². The maximum Gasteiger partial charge on any atom is 0.0218 e. The summed E-state index contributed by atoms with van der Waals surface area (Å²) in [6.45, 7) is 12.0. The van der Waals surface area contributed by atoms with Crippen molar-refractivity contribution < 1.29 is 0 Å². The molecule has 2 fully saturated rings. The van der Waals surface area contributed by atoms with E-state index in [2.05, 4.69) is 42.9 Å². The molecule has 0 aromatic heterocycles. The molecule has 0 radical (unpaired) electrons. The molecule has 0 aliphatic carbocycles. The Labute approximate surface area is 119 Å². The summed E-state index contributed by atoms with van der Waals surface area (Å²) in [4.78, 5) is 5.34. The first-order chi connectivity index (χ1) is 9.13. The standard InChI is InChI=1S/C16H33N3/c1-5-9-17-13(2)14(3)19-11-8-16-15(12-19)7-6-10-18(16)4/h13-17H,5-12H2,1-4H3. The van der Waals surface area contributed by atoms with Gasteiger partial charge in [0.1, 0.15) is 0 Å². The Morgan fingerprint density at radius 1 is 1.21 bits per heavy atom. The SMILES string of the molecule is CCCNC(C)C(C)N1CCC2C(CCCN2C)C1. The van der Waals surface area contributed by atoms with E-state index in [0.717, 1.165) is 18.5 Å². The highest BCUT2D eigenvalue weighted by Crippen LogP contribution is 2.30. The van der Waals surface area contributed by atoms with Gasteiger partial charge in [0, 0.05) is 24.7 Å². The van der Waals surface area contributed by atoms with Gasteiger partial charge >= 0.3 is 0 Å². The topological polar surface area (TPSA) is 18.5 Å². The van der Waals surface area contributed by atoms with Crippen molar-refractivity contribution in [2.45, 2.75) is 64.6 Å². The van der Waals surface area contributed by atoms with Gasteiger partial charge < -0.3 is 10.2 Å². The smallest absolute Gasteiger partial charge is 0.0218 e. The van der Waals surface area contributed by atoms with Crippen LogP contribution in [0.4, 0.5) is 0 Å². The number of piperidine rings is 2. The molecule has 2 aliphatic heterocycles. The van der Waals surface area contributed by atoms with Crippen molar-refractivity contribution in [3.05, 3.63) is 0 Å². The van der Waals surface area contributed by atoms with Gasteiger partial charge in [-0.2, -0.15) is 0 Å². The summed E-state index contributed by atoms with van der Waals surface area (Å²) in [6.07, 6.45) is 5.43. The Hall–Kier alpha value is -0.120. The average Bonchev–Trinajstić information content (AvgIpc) is 2.43. The first-order valence-electron chi connectivity index (χ1n) is 8.31. The highest BCUT2D eigenvalue weighted by Gasteiger charge is 2.36. The van der Waals surface area contributed by atoms with Crippen LogP contribution in [0.1, 0.15) is 46.5 Å². The van der Waals surface area contributed by atoms with Gasteiger partial charge in [-0.1, -0.05) is 6.92 Å². The molecule has 2 rings (SSSR count). The Kier molecular flexibility index (Phi) is 5.67. The molecule has 2 aliphatic rings. The molecule has 2 heterocycles. The second-order valence-electron chi connectivity index (χ2n) is 6.72. The zero-order chi connectivity index (χ0) is 13.8. The van der Waals surface area contributed by atoms with Gasteiger partial charge in [-0.25, -0.2) is 0 Å². The lowest BCUT2D eigenvalue weighted by Gasteiger charge is -2.48. The highest BCUT2D eigenvalue weighted by molar-refractivity contribution is 4.92. The molecule has 0 aromatic carbocycles. The number of likely N-dealkylation sites (tertiary alicyclic amines) is 2. The fraction of sp³-hybridized carbons (Fsp3) is 1.00.